The van der Waals surface area contributed by atoms with Crippen LogP contribution in [0.1, 0.15) is 17.3 Å². The van der Waals surface area contributed by atoms with Crippen LogP contribution in [-0.4, -0.2) is 33.7 Å². The Morgan fingerprint density at radius 1 is 1.21 bits per heavy atom. The molecule has 0 radical (unpaired) electrons. The van der Waals surface area contributed by atoms with E-state index in [-0.39, 0.29) is 21.3 Å². The molecule has 0 aliphatic rings. The van der Waals surface area contributed by atoms with E-state index in [1.165, 1.54) is 25.1 Å². The van der Waals surface area contributed by atoms with Gasteiger partial charge in [0.25, 0.3) is 22.9 Å². The number of rotatable bonds is 6. The number of aromatic nitrogens is 2. The van der Waals surface area contributed by atoms with E-state index in [4.69, 9.17) is 10.5 Å². The van der Waals surface area contributed by atoms with Gasteiger partial charge in [-0.3, -0.25) is 29.1 Å². The Bertz CT molecular complexity index is 1220. The summed E-state index contributed by atoms with van der Waals surface area (Å²) in [6, 6.07) is 7.65. The van der Waals surface area contributed by atoms with Gasteiger partial charge in [-0.05, 0) is 30.5 Å². The molecule has 0 bridgehead atoms. The maximum atomic E-state index is 12.4. The molecule has 11 heteroatoms. The predicted octanol–water partition coefficient (Wildman–Crippen LogP) is 0.421. The van der Waals surface area contributed by atoms with Gasteiger partial charge >= 0.3 is 5.97 Å². The van der Waals surface area contributed by atoms with Crippen molar-refractivity contribution in [1.29, 1.82) is 0 Å². The van der Waals surface area contributed by atoms with E-state index < -0.39 is 41.6 Å². The standard InChI is InChI=1S/C18H16N4O6S/c1-9(15(25)20-17-12(14(19)24)6-7-29-17)28-13(23)8-22-18(27)11-5-3-2-4-10(11)16(26)21-22/h2-7,9H,8H2,1H3,(H2,19,24)(H,20,25)(H,21,26)/t9-/m1/s1. The fraction of sp³-hybridized carbons (Fsp3) is 0.167. The fourth-order valence-electron chi connectivity index (χ4n) is 2.59. The highest BCUT2D eigenvalue weighted by Gasteiger charge is 2.21. The number of benzene rings is 1. The summed E-state index contributed by atoms with van der Waals surface area (Å²) in [5, 5.41) is 6.94. The smallest absolute Gasteiger partial charge is 0.328 e. The maximum Gasteiger partial charge on any atom is 0.328 e. The van der Waals surface area contributed by atoms with E-state index >= 15 is 0 Å². The van der Waals surface area contributed by atoms with Crippen molar-refractivity contribution in [3.05, 3.63) is 62.0 Å². The molecule has 2 amide bonds. The molecule has 0 saturated heterocycles. The first-order valence-corrected chi connectivity index (χ1v) is 9.25. The van der Waals surface area contributed by atoms with Gasteiger partial charge in [-0.1, -0.05) is 12.1 Å². The van der Waals surface area contributed by atoms with Crippen molar-refractivity contribution in [2.45, 2.75) is 19.6 Å². The molecule has 3 rings (SSSR count). The Kier molecular flexibility index (Phi) is 5.59. The van der Waals surface area contributed by atoms with E-state index in [9.17, 15) is 24.0 Å². The van der Waals surface area contributed by atoms with Gasteiger partial charge in [0.15, 0.2) is 6.10 Å². The van der Waals surface area contributed by atoms with Crippen molar-refractivity contribution in [2.24, 2.45) is 5.73 Å². The lowest BCUT2D eigenvalue weighted by Crippen LogP contribution is -2.36. The van der Waals surface area contributed by atoms with Crippen LogP contribution in [-0.2, 0) is 20.9 Å². The topological polar surface area (TPSA) is 153 Å². The summed E-state index contributed by atoms with van der Waals surface area (Å²) >= 11 is 1.09. The molecular weight excluding hydrogens is 400 g/mol. The molecule has 10 nitrogen and oxygen atoms in total. The number of anilines is 1. The number of carbonyl (C=O) groups excluding carboxylic acids is 3. The number of carbonyl (C=O) groups is 3. The lowest BCUT2D eigenvalue weighted by Gasteiger charge is -2.14. The number of primary amides is 1. The number of ether oxygens (including phenoxy) is 1. The normalized spacial score (nSPS) is 11.8. The summed E-state index contributed by atoms with van der Waals surface area (Å²) in [6.07, 6.45) is -1.21. The maximum absolute atomic E-state index is 12.4. The molecule has 150 valence electrons. The number of nitrogens with one attached hydrogen (secondary N) is 2. The van der Waals surface area contributed by atoms with Crippen LogP contribution in [0.5, 0.6) is 0 Å². The number of aromatic amines is 1. The number of fused-ring (bicyclic) bond motifs is 1. The number of thiophene rings is 1. The van der Waals surface area contributed by atoms with Crippen LogP contribution >= 0.6 is 11.3 Å². The average Bonchev–Trinajstić information content (AvgIpc) is 3.14. The van der Waals surface area contributed by atoms with Crippen molar-refractivity contribution in [3.8, 4) is 0 Å². The van der Waals surface area contributed by atoms with Gasteiger partial charge < -0.3 is 15.8 Å². The summed E-state index contributed by atoms with van der Waals surface area (Å²) in [5.74, 6) is -2.28. The number of amides is 2. The molecule has 0 aliphatic carbocycles. The SMILES string of the molecule is C[C@@H](OC(=O)Cn1[nH]c(=O)c2ccccc2c1=O)C(=O)Nc1sccc1C(N)=O. The van der Waals surface area contributed by atoms with Gasteiger partial charge in [0.05, 0.1) is 16.3 Å². The molecule has 4 N–H and O–H groups in total. The number of hydrogen-bond acceptors (Lipinski definition) is 7. The van der Waals surface area contributed by atoms with Gasteiger partial charge in [0.1, 0.15) is 11.5 Å². The molecule has 0 unspecified atom stereocenters. The summed E-state index contributed by atoms with van der Waals surface area (Å²) < 4.78 is 5.85. The number of nitrogens with two attached hydrogens (primary N) is 1. The number of esters is 1. The lowest BCUT2D eigenvalue weighted by molar-refractivity contribution is -0.154. The number of H-pyrrole nitrogens is 1. The molecule has 2 aromatic heterocycles. The third-order valence-electron chi connectivity index (χ3n) is 4.02. The van der Waals surface area contributed by atoms with Crippen molar-refractivity contribution in [3.63, 3.8) is 0 Å². The minimum absolute atomic E-state index is 0.141. The Morgan fingerprint density at radius 3 is 2.59 bits per heavy atom. The zero-order valence-corrected chi connectivity index (χ0v) is 15.9. The molecule has 1 atom stereocenters. The van der Waals surface area contributed by atoms with E-state index in [0.29, 0.717) is 0 Å². The van der Waals surface area contributed by atoms with E-state index in [1.807, 2.05) is 0 Å². The molecule has 0 saturated carbocycles. The molecule has 1 aromatic carbocycles. The third-order valence-corrected chi connectivity index (χ3v) is 4.85. The van der Waals surface area contributed by atoms with Gasteiger partial charge in [0, 0.05) is 0 Å². The van der Waals surface area contributed by atoms with Crippen LogP contribution in [0.3, 0.4) is 0 Å². The Labute approximate surface area is 166 Å². The van der Waals surface area contributed by atoms with Crippen molar-refractivity contribution in [1.82, 2.24) is 9.78 Å². The Balaban J connectivity index is 1.70. The van der Waals surface area contributed by atoms with Crippen LogP contribution in [0.2, 0.25) is 0 Å². The zero-order valence-electron chi connectivity index (χ0n) is 15.1. The summed E-state index contributed by atoms with van der Waals surface area (Å²) in [5.41, 5.74) is 4.25. The molecule has 3 aromatic rings. The molecule has 29 heavy (non-hydrogen) atoms. The lowest BCUT2D eigenvalue weighted by atomic mass is 10.2. The average molecular weight is 416 g/mol. The first kappa shape index (κ1) is 20.0. The van der Waals surface area contributed by atoms with Crippen LogP contribution in [0, 0.1) is 0 Å². The summed E-state index contributed by atoms with van der Waals surface area (Å²) in [7, 11) is 0. The van der Waals surface area contributed by atoms with Crippen LogP contribution < -0.4 is 22.2 Å². The van der Waals surface area contributed by atoms with Gasteiger partial charge in [-0.2, -0.15) is 0 Å². The Morgan fingerprint density at radius 2 is 1.90 bits per heavy atom. The summed E-state index contributed by atoms with van der Waals surface area (Å²) in [4.78, 5) is 60.1. The largest absolute Gasteiger partial charge is 0.451 e. The van der Waals surface area contributed by atoms with E-state index in [1.54, 1.807) is 17.5 Å². The molecule has 0 fully saturated rings. The highest BCUT2D eigenvalue weighted by Crippen LogP contribution is 2.22. The molecule has 0 aliphatic heterocycles. The van der Waals surface area contributed by atoms with Gasteiger partial charge in [0.2, 0.25) is 0 Å². The molecule has 0 spiro atoms. The van der Waals surface area contributed by atoms with E-state index in [0.717, 1.165) is 16.0 Å². The molecular formula is C18H16N4O6S. The zero-order chi connectivity index (χ0) is 21.1. The summed E-state index contributed by atoms with van der Waals surface area (Å²) in [6.45, 7) is 0.749. The van der Waals surface area contributed by atoms with Crippen molar-refractivity contribution in [2.75, 3.05) is 5.32 Å². The van der Waals surface area contributed by atoms with Gasteiger partial charge in [-0.25, -0.2) is 4.68 Å². The minimum atomic E-state index is -1.21. The fourth-order valence-corrected chi connectivity index (χ4v) is 3.38. The van der Waals surface area contributed by atoms with Crippen molar-refractivity contribution < 1.29 is 19.1 Å². The monoisotopic (exact) mass is 416 g/mol. The van der Waals surface area contributed by atoms with Crippen LogP contribution in [0.4, 0.5) is 5.00 Å². The second-order valence-electron chi connectivity index (χ2n) is 6.03. The highest BCUT2D eigenvalue weighted by atomic mass is 32.1. The number of nitrogens with zero attached hydrogens (tertiary/aromatic N) is 1. The first-order valence-electron chi connectivity index (χ1n) is 8.37. The second kappa shape index (κ2) is 8.10. The van der Waals surface area contributed by atoms with Crippen LogP contribution in [0.15, 0.2) is 45.3 Å². The third kappa shape index (κ3) is 4.24. The second-order valence-corrected chi connectivity index (χ2v) is 6.94. The van der Waals surface area contributed by atoms with Crippen LogP contribution in [0.25, 0.3) is 10.8 Å². The quantitative estimate of drug-likeness (QED) is 0.495. The van der Waals surface area contributed by atoms with E-state index in [2.05, 4.69) is 10.4 Å². The first-order chi connectivity index (χ1) is 13.8. The number of hydrogen-bond donors (Lipinski definition) is 3. The molecule has 2 heterocycles. The predicted molar refractivity (Wildman–Crippen MR) is 106 cm³/mol. The highest BCUT2D eigenvalue weighted by molar-refractivity contribution is 7.14. The van der Waals surface area contributed by atoms with Gasteiger partial charge in [-0.15, -0.1) is 11.3 Å². The minimum Gasteiger partial charge on any atom is -0.451 e. The van der Waals surface area contributed by atoms with Crippen molar-refractivity contribution >= 4 is 44.9 Å². The Hall–Kier alpha value is -3.73.